The Hall–Kier alpha value is -2.33. The molecule has 0 spiro atoms. The number of halogens is 2. The summed E-state index contributed by atoms with van der Waals surface area (Å²) in [5, 5.41) is 3.95. The van der Waals surface area contributed by atoms with Crippen LogP contribution >= 0.6 is 23.2 Å². The lowest BCUT2D eigenvalue weighted by atomic mass is 9.78. The zero-order chi connectivity index (χ0) is 34.1. The third-order valence-corrected chi connectivity index (χ3v) is 6.68. The largest absolute Gasteiger partial charge is 0.466 e. The van der Waals surface area contributed by atoms with E-state index in [0.717, 1.165) is 12.8 Å². The third kappa shape index (κ3) is 14.7. The van der Waals surface area contributed by atoms with Crippen LogP contribution in [0.25, 0.3) is 0 Å². The molecule has 0 radical (unpaired) electrons. The SMILES string of the molecule is C#C.C/C=C(\C)C(CCC(C)(C)C)N1C(=O)C(C2(C)C=C(Cl)C=C(Cl)C2)=NC1(C)C.C=C(C)C(=O)OC.CC.CNC. The fourth-order valence-corrected chi connectivity index (χ4v) is 5.05. The summed E-state index contributed by atoms with van der Waals surface area (Å²) < 4.78 is 4.27. The molecule has 2 aliphatic rings. The number of aliphatic imine (C=N–C) groups is 1. The van der Waals surface area contributed by atoms with Gasteiger partial charge in [-0.05, 0) is 86.4 Å². The van der Waals surface area contributed by atoms with Crippen LogP contribution < -0.4 is 5.32 Å². The normalized spacial score (nSPS) is 19.8. The fraction of sp³-hybridized carbons (Fsp3) is 0.618. The van der Waals surface area contributed by atoms with E-state index in [4.69, 9.17) is 28.2 Å². The van der Waals surface area contributed by atoms with E-state index in [2.05, 4.69) is 63.3 Å². The Morgan fingerprint density at radius 1 is 1.21 bits per heavy atom. The molecule has 2 unspecified atom stereocenters. The number of hydrogen-bond donors (Lipinski definition) is 1. The molecule has 2 atom stereocenters. The standard InChI is InChI=1S/C23H34Cl2N2O.C5H8O2.C2H7N.C2H6.C2H2/c1-9-15(2)18(10-11-21(3,4)5)27-20(28)19(26-22(27,6)7)23(8)13-16(24)12-17(25)14-23;1-4(2)5(6)7-3;1-3-2;2*1-2/h9,12-13,18H,10-11,14H2,1-8H3;1H2,2-3H3;3H,1-2H3;1-2H3;1-2H/b15-9+;;;;. The average Bonchev–Trinajstić information content (AvgIpc) is 3.14. The van der Waals surface area contributed by atoms with Crippen molar-refractivity contribution in [3.05, 3.63) is 46.0 Å². The monoisotopic (exact) mass is 625 g/mol. The second kappa shape index (κ2) is 20.6. The van der Waals surface area contributed by atoms with Crippen LogP contribution in [0.4, 0.5) is 0 Å². The van der Waals surface area contributed by atoms with Crippen molar-refractivity contribution in [2.75, 3.05) is 21.2 Å². The molecule has 8 heteroatoms. The summed E-state index contributed by atoms with van der Waals surface area (Å²) in [7, 11) is 5.08. The second-order valence-corrected chi connectivity index (χ2v) is 12.7. The van der Waals surface area contributed by atoms with Crippen LogP contribution in [0.15, 0.2) is 51.0 Å². The van der Waals surface area contributed by atoms with Crippen molar-refractivity contribution in [3.8, 4) is 12.8 Å². The highest BCUT2D eigenvalue weighted by Gasteiger charge is 2.50. The van der Waals surface area contributed by atoms with Gasteiger partial charge in [-0.15, -0.1) is 12.8 Å². The number of carbonyl (C=O) groups excluding carboxylic acids is 2. The third-order valence-electron chi connectivity index (χ3n) is 6.22. The molecule has 1 amide bonds. The highest BCUT2D eigenvalue weighted by atomic mass is 35.5. The lowest BCUT2D eigenvalue weighted by Crippen LogP contribution is -2.51. The molecule has 0 bridgehead atoms. The lowest BCUT2D eigenvalue weighted by molar-refractivity contribution is -0.136. The Labute approximate surface area is 267 Å². The van der Waals surface area contributed by atoms with Crippen LogP contribution in [0.1, 0.15) is 95.4 Å². The topological polar surface area (TPSA) is 71.0 Å². The number of amides is 1. The summed E-state index contributed by atoms with van der Waals surface area (Å²) >= 11 is 12.6. The fourth-order valence-electron chi connectivity index (χ4n) is 4.23. The molecule has 6 nitrogen and oxygen atoms in total. The maximum absolute atomic E-state index is 13.7. The van der Waals surface area contributed by atoms with Crippen LogP contribution in [0, 0.1) is 23.7 Å². The van der Waals surface area contributed by atoms with Crippen LogP contribution in [0.5, 0.6) is 0 Å². The Kier molecular flexibility index (Phi) is 21.6. The number of allylic oxidation sites excluding steroid dienone is 5. The van der Waals surface area contributed by atoms with Gasteiger partial charge in [0.05, 0.1) is 13.2 Å². The van der Waals surface area contributed by atoms with Crippen LogP contribution in [-0.2, 0) is 14.3 Å². The Morgan fingerprint density at radius 2 is 1.69 bits per heavy atom. The zero-order valence-corrected chi connectivity index (χ0v) is 30.2. The van der Waals surface area contributed by atoms with Crippen LogP contribution in [-0.4, -0.2) is 55.4 Å². The number of rotatable bonds is 6. The molecular weight excluding hydrogens is 569 g/mol. The Balaban J connectivity index is -0.000000914. The van der Waals surface area contributed by atoms with Gasteiger partial charge in [-0.1, -0.05) is 82.1 Å². The van der Waals surface area contributed by atoms with Gasteiger partial charge in [-0.25, -0.2) is 4.79 Å². The first-order valence-corrected chi connectivity index (χ1v) is 15.0. The lowest BCUT2D eigenvalue weighted by Gasteiger charge is -2.39. The molecule has 1 heterocycles. The second-order valence-electron chi connectivity index (χ2n) is 11.8. The number of nitrogens with zero attached hydrogens (tertiary/aromatic N) is 2. The number of ether oxygens (including phenoxy) is 1. The van der Waals surface area contributed by atoms with Crippen molar-refractivity contribution in [3.63, 3.8) is 0 Å². The van der Waals surface area contributed by atoms with Crippen molar-refractivity contribution in [1.82, 2.24) is 10.2 Å². The molecule has 0 saturated carbocycles. The molecule has 2 rings (SSSR count). The highest BCUT2D eigenvalue weighted by Crippen LogP contribution is 2.43. The molecule has 240 valence electrons. The van der Waals surface area contributed by atoms with Crippen molar-refractivity contribution in [2.45, 2.75) is 107 Å². The summed E-state index contributed by atoms with van der Waals surface area (Å²) in [6.07, 6.45) is 16.2. The van der Waals surface area contributed by atoms with Gasteiger partial charge in [0.15, 0.2) is 0 Å². The smallest absolute Gasteiger partial charge is 0.332 e. The molecular formula is C34H57Cl2N3O3. The zero-order valence-electron chi connectivity index (χ0n) is 28.7. The summed E-state index contributed by atoms with van der Waals surface area (Å²) in [6, 6.07) is 0.0191. The number of nitrogens with one attached hydrogen (secondary N) is 1. The van der Waals surface area contributed by atoms with Crippen molar-refractivity contribution in [1.29, 1.82) is 0 Å². The predicted octanol–water partition coefficient (Wildman–Crippen LogP) is 8.67. The van der Waals surface area contributed by atoms with E-state index in [0.29, 0.717) is 27.8 Å². The van der Waals surface area contributed by atoms with E-state index in [9.17, 15) is 9.59 Å². The van der Waals surface area contributed by atoms with Gasteiger partial charge in [0, 0.05) is 21.1 Å². The predicted molar refractivity (Wildman–Crippen MR) is 184 cm³/mol. The molecule has 1 aliphatic carbocycles. The van der Waals surface area contributed by atoms with E-state index < -0.39 is 11.1 Å². The van der Waals surface area contributed by atoms with Gasteiger partial charge < -0.3 is 15.0 Å². The van der Waals surface area contributed by atoms with Crippen molar-refractivity contribution >= 4 is 40.8 Å². The molecule has 0 aromatic carbocycles. The van der Waals surface area contributed by atoms with E-state index >= 15 is 0 Å². The van der Waals surface area contributed by atoms with Gasteiger partial charge >= 0.3 is 5.97 Å². The maximum atomic E-state index is 13.7. The minimum absolute atomic E-state index is 0.0142. The molecule has 1 aliphatic heterocycles. The summed E-state index contributed by atoms with van der Waals surface area (Å²) in [5.41, 5.74) is 1.17. The Bertz CT molecular complexity index is 1030. The van der Waals surface area contributed by atoms with E-state index in [1.807, 2.05) is 66.6 Å². The molecule has 1 N–H and O–H groups in total. The number of terminal acetylenes is 1. The molecule has 42 heavy (non-hydrogen) atoms. The summed E-state index contributed by atoms with van der Waals surface area (Å²) in [6.45, 7) is 25.8. The van der Waals surface area contributed by atoms with Gasteiger partial charge in [-0.3, -0.25) is 9.79 Å². The van der Waals surface area contributed by atoms with Crippen molar-refractivity contribution < 1.29 is 14.3 Å². The summed E-state index contributed by atoms with van der Waals surface area (Å²) in [4.78, 5) is 30.7. The Morgan fingerprint density at radius 3 is 2.02 bits per heavy atom. The van der Waals surface area contributed by atoms with Crippen molar-refractivity contribution in [2.24, 2.45) is 15.8 Å². The molecule has 0 saturated heterocycles. The minimum Gasteiger partial charge on any atom is -0.466 e. The van der Waals surface area contributed by atoms with Gasteiger partial charge in [-0.2, -0.15) is 0 Å². The number of carbonyl (C=O) groups is 2. The summed E-state index contributed by atoms with van der Waals surface area (Å²) in [5.74, 6) is -0.361. The molecule has 0 aromatic heterocycles. The van der Waals surface area contributed by atoms with Crippen LogP contribution in [0.3, 0.4) is 0 Å². The van der Waals surface area contributed by atoms with E-state index in [1.54, 1.807) is 13.0 Å². The van der Waals surface area contributed by atoms with Gasteiger partial charge in [0.25, 0.3) is 5.91 Å². The first-order valence-electron chi connectivity index (χ1n) is 14.3. The number of hydrogen-bond acceptors (Lipinski definition) is 5. The molecule has 0 aromatic rings. The van der Waals surface area contributed by atoms with Gasteiger partial charge in [0.1, 0.15) is 11.4 Å². The maximum Gasteiger partial charge on any atom is 0.332 e. The minimum atomic E-state index is -0.615. The quantitative estimate of drug-likeness (QED) is 0.139. The van der Waals surface area contributed by atoms with E-state index in [1.165, 1.54) is 12.7 Å². The molecule has 0 fully saturated rings. The number of methoxy groups -OCH3 is 1. The average molecular weight is 627 g/mol. The number of esters is 1. The van der Waals surface area contributed by atoms with Gasteiger partial charge in [0.2, 0.25) is 0 Å². The van der Waals surface area contributed by atoms with Crippen LogP contribution in [0.2, 0.25) is 0 Å². The first-order chi connectivity index (χ1) is 19.3. The highest BCUT2D eigenvalue weighted by molar-refractivity contribution is 6.44. The first kappa shape index (κ1) is 44.1. The van der Waals surface area contributed by atoms with E-state index in [-0.39, 0.29) is 23.3 Å².